The van der Waals surface area contributed by atoms with Crippen molar-refractivity contribution in [2.24, 2.45) is 0 Å². The molecule has 0 spiro atoms. The number of methoxy groups -OCH3 is 1. The maximum Gasteiger partial charge on any atom is 0.373 e. The van der Waals surface area contributed by atoms with Gasteiger partial charge in [-0.3, -0.25) is 4.90 Å². The summed E-state index contributed by atoms with van der Waals surface area (Å²) in [5.41, 5.74) is 0. The minimum Gasteiger partial charge on any atom is -0.463 e. The van der Waals surface area contributed by atoms with Crippen molar-refractivity contribution in [3.8, 4) is 0 Å². The standard InChI is InChI=1S/C15H23NO4/c1-10(17)9-12-5-4-8-16(12)11(2)13-6-7-14(20-13)15(18)19-3/h6-7,10-12,17H,4-5,8-9H2,1-3H3/t10-,11+,12+/m1/s1. The summed E-state index contributed by atoms with van der Waals surface area (Å²) in [6.07, 6.45) is 2.70. The highest BCUT2D eigenvalue weighted by Crippen LogP contribution is 2.32. The van der Waals surface area contributed by atoms with Gasteiger partial charge in [-0.05, 0) is 51.8 Å². The number of ether oxygens (including phenoxy) is 1. The monoisotopic (exact) mass is 281 g/mol. The van der Waals surface area contributed by atoms with Crippen LogP contribution in [-0.2, 0) is 4.74 Å². The molecule has 0 amide bonds. The molecule has 0 unspecified atom stereocenters. The first-order valence-corrected chi connectivity index (χ1v) is 7.14. The van der Waals surface area contributed by atoms with E-state index in [9.17, 15) is 9.90 Å². The average Bonchev–Trinajstić information content (AvgIpc) is 3.05. The fourth-order valence-corrected chi connectivity index (χ4v) is 2.97. The van der Waals surface area contributed by atoms with Crippen LogP contribution in [0, 0.1) is 0 Å². The molecule has 5 heteroatoms. The molecular weight excluding hydrogens is 258 g/mol. The molecule has 1 saturated heterocycles. The molecule has 1 N–H and O–H groups in total. The highest BCUT2D eigenvalue weighted by atomic mass is 16.5. The first-order valence-electron chi connectivity index (χ1n) is 7.14. The number of carbonyl (C=O) groups is 1. The number of hydrogen-bond donors (Lipinski definition) is 1. The number of esters is 1. The normalized spacial score (nSPS) is 22.7. The van der Waals surface area contributed by atoms with Crippen molar-refractivity contribution in [3.63, 3.8) is 0 Å². The van der Waals surface area contributed by atoms with Gasteiger partial charge in [0.25, 0.3) is 0 Å². The van der Waals surface area contributed by atoms with Crippen LogP contribution in [-0.4, -0.2) is 41.8 Å². The molecule has 1 aliphatic heterocycles. The molecule has 1 aromatic heterocycles. The van der Waals surface area contributed by atoms with E-state index in [0.29, 0.717) is 6.04 Å². The maximum absolute atomic E-state index is 11.4. The van der Waals surface area contributed by atoms with Gasteiger partial charge in [-0.25, -0.2) is 4.79 Å². The second-order valence-corrected chi connectivity index (χ2v) is 5.49. The zero-order chi connectivity index (χ0) is 14.7. The summed E-state index contributed by atoms with van der Waals surface area (Å²) in [4.78, 5) is 13.8. The largest absolute Gasteiger partial charge is 0.463 e. The summed E-state index contributed by atoms with van der Waals surface area (Å²) in [7, 11) is 1.34. The lowest BCUT2D eigenvalue weighted by atomic mass is 10.1. The highest BCUT2D eigenvalue weighted by Gasteiger charge is 2.31. The average molecular weight is 281 g/mol. The van der Waals surface area contributed by atoms with Gasteiger partial charge < -0.3 is 14.3 Å². The predicted molar refractivity (Wildman–Crippen MR) is 74.5 cm³/mol. The topological polar surface area (TPSA) is 62.9 Å². The molecule has 2 heterocycles. The van der Waals surface area contributed by atoms with E-state index in [4.69, 9.17) is 4.42 Å². The Hall–Kier alpha value is -1.33. The predicted octanol–water partition coefficient (Wildman–Crippen LogP) is 2.36. The lowest BCUT2D eigenvalue weighted by Crippen LogP contribution is -2.34. The minimum absolute atomic E-state index is 0.0969. The van der Waals surface area contributed by atoms with Crippen molar-refractivity contribution in [1.29, 1.82) is 0 Å². The van der Waals surface area contributed by atoms with Crippen LogP contribution in [0.4, 0.5) is 0 Å². The third-order valence-electron chi connectivity index (χ3n) is 3.96. The summed E-state index contributed by atoms with van der Waals surface area (Å²) < 4.78 is 10.2. The lowest BCUT2D eigenvalue weighted by molar-refractivity contribution is 0.0556. The van der Waals surface area contributed by atoms with Gasteiger partial charge >= 0.3 is 5.97 Å². The quantitative estimate of drug-likeness (QED) is 0.839. The number of aliphatic hydroxyl groups excluding tert-OH is 1. The maximum atomic E-state index is 11.4. The molecule has 0 bridgehead atoms. The Balaban J connectivity index is 2.08. The van der Waals surface area contributed by atoms with Crippen molar-refractivity contribution in [2.45, 2.75) is 51.3 Å². The number of hydrogen-bond acceptors (Lipinski definition) is 5. The Morgan fingerprint density at radius 2 is 2.30 bits per heavy atom. The van der Waals surface area contributed by atoms with Crippen molar-refractivity contribution < 1.29 is 19.1 Å². The molecule has 20 heavy (non-hydrogen) atoms. The van der Waals surface area contributed by atoms with Gasteiger partial charge in [-0.2, -0.15) is 0 Å². The second-order valence-electron chi connectivity index (χ2n) is 5.49. The van der Waals surface area contributed by atoms with E-state index in [-0.39, 0.29) is 17.9 Å². The fourth-order valence-electron chi connectivity index (χ4n) is 2.97. The van der Waals surface area contributed by atoms with Crippen molar-refractivity contribution in [2.75, 3.05) is 13.7 Å². The number of nitrogens with zero attached hydrogens (tertiary/aromatic N) is 1. The van der Waals surface area contributed by atoms with Gasteiger partial charge in [0.1, 0.15) is 5.76 Å². The molecule has 1 fully saturated rings. The van der Waals surface area contributed by atoms with E-state index in [2.05, 4.69) is 16.6 Å². The number of rotatable bonds is 5. The summed E-state index contributed by atoms with van der Waals surface area (Å²) in [6, 6.07) is 3.95. The molecule has 112 valence electrons. The van der Waals surface area contributed by atoms with Crippen LogP contribution in [0.3, 0.4) is 0 Å². The zero-order valence-corrected chi connectivity index (χ0v) is 12.3. The van der Waals surface area contributed by atoms with Crippen LogP contribution in [0.2, 0.25) is 0 Å². The summed E-state index contributed by atoms with van der Waals surface area (Å²) in [5, 5.41) is 9.58. The number of aliphatic hydroxyl groups is 1. The van der Waals surface area contributed by atoms with Crippen LogP contribution in [0.5, 0.6) is 0 Å². The fraction of sp³-hybridized carbons (Fsp3) is 0.667. The molecule has 1 aliphatic rings. The van der Waals surface area contributed by atoms with E-state index in [0.717, 1.165) is 31.6 Å². The van der Waals surface area contributed by atoms with Crippen LogP contribution < -0.4 is 0 Å². The molecule has 2 rings (SSSR count). The molecule has 0 aliphatic carbocycles. The van der Waals surface area contributed by atoms with Crippen molar-refractivity contribution in [3.05, 3.63) is 23.7 Å². The highest BCUT2D eigenvalue weighted by molar-refractivity contribution is 5.86. The van der Waals surface area contributed by atoms with Crippen LogP contribution in [0.1, 0.15) is 55.5 Å². The molecule has 0 aromatic carbocycles. The molecule has 3 atom stereocenters. The van der Waals surface area contributed by atoms with E-state index < -0.39 is 5.97 Å². The number of likely N-dealkylation sites (tertiary alicyclic amines) is 1. The van der Waals surface area contributed by atoms with Gasteiger partial charge in [0.05, 0.1) is 19.3 Å². The van der Waals surface area contributed by atoms with Gasteiger partial charge in [0, 0.05) is 6.04 Å². The molecule has 5 nitrogen and oxygen atoms in total. The van der Waals surface area contributed by atoms with Crippen LogP contribution in [0.25, 0.3) is 0 Å². The van der Waals surface area contributed by atoms with Gasteiger partial charge in [0.15, 0.2) is 0 Å². The van der Waals surface area contributed by atoms with Crippen molar-refractivity contribution >= 4 is 5.97 Å². The summed E-state index contributed by atoms with van der Waals surface area (Å²) in [6.45, 7) is 4.89. The number of carbonyl (C=O) groups excluding carboxylic acids is 1. The van der Waals surface area contributed by atoms with E-state index in [1.807, 2.05) is 13.0 Å². The Morgan fingerprint density at radius 3 is 2.95 bits per heavy atom. The Morgan fingerprint density at radius 1 is 1.55 bits per heavy atom. The third kappa shape index (κ3) is 3.22. The van der Waals surface area contributed by atoms with Gasteiger partial charge in [0.2, 0.25) is 5.76 Å². The molecule has 1 aromatic rings. The van der Waals surface area contributed by atoms with E-state index in [1.54, 1.807) is 6.07 Å². The van der Waals surface area contributed by atoms with Gasteiger partial charge in [-0.1, -0.05) is 0 Å². The number of furan rings is 1. The summed E-state index contributed by atoms with van der Waals surface area (Å²) >= 11 is 0. The molecular formula is C15H23NO4. The third-order valence-corrected chi connectivity index (χ3v) is 3.96. The second kappa shape index (κ2) is 6.41. The smallest absolute Gasteiger partial charge is 0.373 e. The lowest BCUT2D eigenvalue weighted by Gasteiger charge is -2.30. The van der Waals surface area contributed by atoms with E-state index in [1.165, 1.54) is 7.11 Å². The molecule has 0 saturated carbocycles. The van der Waals surface area contributed by atoms with Gasteiger partial charge in [-0.15, -0.1) is 0 Å². The Bertz CT molecular complexity index is 454. The summed E-state index contributed by atoms with van der Waals surface area (Å²) in [5.74, 6) is 0.550. The van der Waals surface area contributed by atoms with Crippen LogP contribution in [0.15, 0.2) is 16.5 Å². The van der Waals surface area contributed by atoms with E-state index >= 15 is 0 Å². The SMILES string of the molecule is COC(=O)c1ccc([C@H](C)N2CCC[C@H]2C[C@@H](C)O)o1. The Kier molecular flexibility index (Phi) is 4.83. The Labute approximate surface area is 119 Å². The first kappa shape index (κ1) is 15.1. The first-order chi connectivity index (χ1) is 9.52. The molecule has 0 radical (unpaired) electrons. The van der Waals surface area contributed by atoms with Crippen LogP contribution >= 0.6 is 0 Å². The zero-order valence-electron chi connectivity index (χ0n) is 12.3. The minimum atomic E-state index is -0.453. The van der Waals surface area contributed by atoms with Crippen molar-refractivity contribution in [1.82, 2.24) is 4.90 Å².